The second-order valence-electron chi connectivity index (χ2n) is 5.42. The Labute approximate surface area is 148 Å². The molecule has 0 amide bonds. The first-order valence-corrected chi connectivity index (χ1v) is 7.72. The maximum atomic E-state index is 12.5. The van der Waals surface area contributed by atoms with Crippen LogP contribution in [0.4, 0.5) is 11.4 Å². The van der Waals surface area contributed by atoms with Gasteiger partial charge in [0.1, 0.15) is 17.2 Å². The number of H-pyrrole nitrogens is 1. The molecule has 132 valence electrons. The Morgan fingerprint density at radius 3 is 2.54 bits per heavy atom. The number of azo groups is 1. The molecule has 0 unspecified atom stereocenters. The Kier molecular flexibility index (Phi) is 4.66. The molecule has 0 saturated heterocycles. The third-order valence-corrected chi connectivity index (χ3v) is 3.72. The predicted molar refractivity (Wildman–Crippen MR) is 94.8 cm³/mol. The lowest BCUT2D eigenvalue weighted by Gasteiger charge is -2.02. The van der Waals surface area contributed by atoms with E-state index in [1.807, 2.05) is 0 Å². The molecule has 0 spiro atoms. The van der Waals surface area contributed by atoms with Crippen LogP contribution in [0.3, 0.4) is 0 Å². The molecule has 3 rings (SSSR count). The number of carbonyl (C=O) groups is 1. The van der Waals surface area contributed by atoms with Crippen LogP contribution in [-0.4, -0.2) is 27.9 Å². The summed E-state index contributed by atoms with van der Waals surface area (Å²) in [6.45, 7) is 1.60. The molecule has 0 saturated carbocycles. The zero-order chi connectivity index (χ0) is 18.7. The van der Waals surface area contributed by atoms with Crippen LogP contribution in [-0.2, 0) is 0 Å². The number of benzene rings is 2. The van der Waals surface area contributed by atoms with Gasteiger partial charge in [-0.3, -0.25) is 14.7 Å². The third kappa shape index (κ3) is 3.12. The summed E-state index contributed by atoms with van der Waals surface area (Å²) in [6.07, 6.45) is 0. The van der Waals surface area contributed by atoms with Gasteiger partial charge in [-0.2, -0.15) is 4.68 Å². The Balaban J connectivity index is 1.99. The molecule has 0 aliphatic carbocycles. The van der Waals surface area contributed by atoms with Crippen molar-refractivity contribution in [3.05, 3.63) is 70.1 Å². The molecule has 8 heteroatoms. The third-order valence-electron chi connectivity index (χ3n) is 3.72. The van der Waals surface area contributed by atoms with Gasteiger partial charge in [-0.05, 0) is 31.2 Å². The number of hydrogen-bond donors (Lipinski definition) is 2. The Bertz CT molecular complexity index is 1050. The normalized spacial score (nSPS) is 11.0. The van der Waals surface area contributed by atoms with Crippen molar-refractivity contribution in [3.8, 4) is 11.5 Å². The van der Waals surface area contributed by atoms with Crippen LogP contribution in [0.1, 0.15) is 16.1 Å². The molecule has 0 aliphatic rings. The Morgan fingerprint density at radius 2 is 1.81 bits per heavy atom. The van der Waals surface area contributed by atoms with Crippen molar-refractivity contribution < 1.29 is 14.6 Å². The van der Waals surface area contributed by atoms with E-state index in [9.17, 15) is 14.7 Å². The van der Waals surface area contributed by atoms with Gasteiger partial charge >= 0.3 is 5.56 Å². The summed E-state index contributed by atoms with van der Waals surface area (Å²) in [5, 5.41) is 20.5. The highest BCUT2D eigenvalue weighted by Gasteiger charge is 2.19. The number of ether oxygens (including phenoxy) is 1. The number of carbonyl (C=O) groups excluding carboxylic acids is 1. The number of nitrogens with zero attached hydrogens (tertiary/aromatic N) is 3. The highest BCUT2D eigenvalue weighted by Crippen LogP contribution is 2.28. The molecule has 0 atom stereocenters. The second kappa shape index (κ2) is 7.06. The molecule has 0 fully saturated rings. The van der Waals surface area contributed by atoms with E-state index >= 15 is 0 Å². The van der Waals surface area contributed by atoms with E-state index in [-0.39, 0.29) is 17.0 Å². The maximum absolute atomic E-state index is 12.5. The van der Waals surface area contributed by atoms with Gasteiger partial charge < -0.3 is 9.84 Å². The van der Waals surface area contributed by atoms with Gasteiger partial charge in [0.15, 0.2) is 5.69 Å². The molecule has 0 radical (unpaired) electrons. The molecule has 26 heavy (non-hydrogen) atoms. The molecule has 0 bridgehead atoms. The number of phenols is 1. The number of rotatable bonds is 4. The fourth-order valence-corrected chi connectivity index (χ4v) is 2.39. The van der Waals surface area contributed by atoms with Crippen molar-refractivity contribution in [2.24, 2.45) is 10.2 Å². The smallest absolute Gasteiger partial charge is 0.302 e. The number of aromatic hydroxyl groups is 1. The number of methoxy groups -OCH3 is 1. The number of aromatic amines is 1. The van der Waals surface area contributed by atoms with Gasteiger partial charge in [0.2, 0.25) is 0 Å². The zero-order valence-corrected chi connectivity index (χ0v) is 14.1. The lowest BCUT2D eigenvalue weighted by atomic mass is 10.2. The monoisotopic (exact) mass is 352 g/mol. The van der Waals surface area contributed by atoms with E-state index in [2.05, 4.69) is 15.3 Å². The van der Waals surface area contributed by atoms with E-state index in [1.54, 1.807) is 43.3 Å². The van der Waals surface area contributed by atoms with Crippen LogP contribution in [0.25, 0.3) is 0 Å². The van der Waals surface area contributed by atoms with Gasteiger partial charge in [0.05, 0.1) is 18.4 Å². The molecule has 0 aliphatic heterocycles. The first kappa shape index (κ1) is 17.2. The van der Waals surface area contributed by atoms with Gasteiger partial charge in [0, 0.05) is 0 Å². The molecule has 8 nitrogen and oxygen atoms in total. The highest BCUT2D eigenvalue weighted by molar-refractivity contribution is 5.98. The largest absolute Gasteiger partial charge is 0.507 e. The van der Waals surface area contributed by atoms with Gasteiger partial charge in [-0.25, -0.2) is 0 Å². The summed E-state index contributed by atoms with van der Waals surface area (Å²) in [7, 11) is 1.51. The highest BCUT2D eigenvalue weighted by atomic mass is 16.5. The number of phenolic OH excluding ortho intramolecular Hbond substituents is 1. The second-order valence-corrected chi connectivity index (χ2v) is 5.42. The number of aromatic nitrogens is 2. The SMILES string of the molecule is COc1ccccc1N=Nc1c(C)[nH]n(C(=O)c2ccccc2O)c1=O. The average Bonchev–Trinajstić information content (AvgIpc) is 2.94. The van der Waals surface area contributed by atoms with Gasteiger partial charge in [-0.1, -0.05) is 24.3 Å². The Morgan fingerprint density at radius 1 is 1.12 bits per heavy atom. The van der Waals surface area contributed by atoms with Crippen LogP contribution in [0.15, 0.2) is 63.6 Å². The van der Waals surface area contributed by atoms with Crippen LogP contribution < -0.4 is 10.3 Å². The number of hydrogen-bond acceptors (Lipinski definition) is 6. The fraction of sp³-hybridized carbons (Fsp3) is 0.111. The van der Waals surface area contributed by atoms with E-state index in [1.165, 1.54) is 19.2 Å². The summed E-state index contributed by atoms with van der Waals surface area (Å²) in [4.78, 5) is 25.0. The average molecular weight is 352 g/mol. The molecule has 1 aromatic heterocycles. The molecule has 3 aromatic rings. The van der Waals surface area contributed by atoms with Gasteiger partial charge in [0.25, 0.3) is 5.91 Å². The summed E-state index contributed by atoms with van der Waals surface area (Å²) in [5.74, 6) is -0.390. The lowest BCUT2D eigenvalue weighted by Crippen LogP contribution is -2.25. The minimum atomic E-state index is -0.685. The van der Waals surface area contributed by atoms with Gasteiger partial charge in [-0.15, -0.1) is 10.2 Å². The number of aryl methyl sites for hydroxylation is 1. The van der Waals surface area contributed by atoms with E-state index in [0.717, 1.165) is 4.68 Å². The van der Waals surface area contributed by atoms with Crippen LogP contribution in [0, 0.1) is 6.92 Å². The summed E-state index contributed by atoms with van der Waals surface area (Å²) < 4.78 is 5.97. The van der Waals surface area contributed by atoms with Crippen molar-refractivity contribution in [3.63, 3.8) is 0 Å². The Hall–Kier alpha value is -3.68. The van der Waals surface area contributed by atoms with Crippen molar-refractivity contribution in [2.45, 2.75) is 6.92 Å². The summed E-state index contributed by atoms with van der Waals surface area (Å²) in [6, 6.07) is 12.9. The van der Waals surface area contributed by atoms with Crippen LogP contribution >= 0.6 is 0 Å². The molecule has 2 N–H and O–H groups in total. The molecular formula is C18H16N4O4. The number of para-hydroxylation sites is 2. The predicted octanol–water partition coefficient (Wildman–Crippen LogP) is 3.30. The van der Waals surface area contributed by atoms with Crippen LogP contribution in [0.5, 0.6) is 11.5 Å². The van der Waals surface area contributed by atoms with Crippen LogP contribution in [0.2, 0.25) is 0 Å². The van der Waals surface area contributed by atoms with E-state index in [0.29, 0.717) is 17.1 Å². The fourth-order valence-electron chi connectivity index (χ4n) is 2.39. The topological polar surface area (TPSA) is 109 Å². The molecular weight excluding hydrogens is 336 g/mol. The number of nitrogens with one attached hydrogen (secondary N) is 1. The minimum Gasteiger partial charge on any atom is -0.507 e. The zero-order valence-electron chi connectivity index (χ0n) is 14.1. The minimum absolute atomic E-state index is 0.000299. The lowest BCUT2D eigenvalue weighted by molar-refractivity contribution is 0.0938. The maximum Gasteiger partial charge on any atom is 0.302 e. The molecule has 1 heterocycles. The summed E-state index contributed by atoms with van der Waals surface area (Å²) >= 11 is 0. The van der Waals surface area contributed by atoms with E-state index < -0.39 is 11.5 Å². The van der Waals surface area contributed by atoms with Crippen molar-refractivity contribution in [1.82, 2.24) is 9.78 Å². The standard InChI is InChI=1S/C18H16N4O4/c1-11-16(20-19-13-8-4-6-10-15(13)26-2)18(25)22(21-11)17(24)12-7-3-5-9-14(12)23/h3-10,21,23H,1-2H3. The van der Waals surface area contributed by atoms with Crippen molar-refractivity contribution in [1.29, 1.82) is 0 Å². The first-order chi connectivity index (χ1) is 12.5. The summed E-state index contributed by atoms with van der Waals surface area (Å²) in [5.41, 5.74) is 0.171. The van der Waals surface area contributed by atoms with E-state index in [4.69, 9.17) is 4.74 Å². The first-order valence-electron chi connectivity index (χ1n) is 7.72. The molecule has 2 aromatic carbocycles. The van der Waals surface area contributed by atoms with Crippen molar-refractivity contribution in [2.75, 3.05) is 7.11 Å². The quantitative estimate of drug-likeness (QED) is 0.702. The van der Waals surface area contributed by atoms with Crippen molar-refractivity contribution >= 4 is 17.3 Å².